The molecule has 0 bridgehead atoms. The molecule has 0 aliphatic carbocycles. The number of benzene rings is 1. The summed E-state index contributed by atoms with van der Waals surface area (Å²) in [5.74, 6) is -0.144. The predicted molar refractivity (Wildman–Crippen MR) is 78.6 cm³/mol. The first-order chi connectivity index (χ1) is 10.0. The van der Waals surface area contributed by atoms with Crippen LogP contribution in [0.4, 0.5) is 4.39 Å². The molecule has 5 heteroatoms. The van der Waals surface area contributed by atoms with Crippen molar-refractivity contribution >= 4 is 5.91 Å². The van der Waals surface area contributed by atoms with Gasteiger partial charge in [0.1, 0.15) is 11.6 Å². The standard InChI is InChI=1S/C16H19FN2O2/c1-11-6-4-7-12(15(11)17)16(20)18-10-13(19(2)3)14-8-5-9-21-14/h4-9,13H,10H2,1-3H3,(H,18,20). The van der Waals surface area contributed by atoms with Gasteiger partial charge < -0.3 is 9.73 Å². The van der Waals surface area contributed by atoms with E-state index >= 15 is 0 Å². The summed E-state index contributed by atoms with van der Waals surface area (Å²) < 4.78 is 19.3. The van der Waals surface area contributed by atoms with Crippen molar-refractivity contribution in [2.24, 2.45) is 0 Å². The van der Waals surface area contributed by atoms with Gasteiger partial charge in [0, 0.05) is 6.54 Å². The van der Waals surface area contributed by atoms with Crippen LogP contribution in [0.5, 0.6) is 0 Å². The number of nitrogens with one attached hydrogen (secondary N) is 1. The molecule has 1 amide bonds. The largest absolute Gasteiger partial charge is 0.468 e. The monoisotopic (exact) mass is 290 g/mol. The highest BCUT2D eigenvalue weighted by atomic mass is 19.1. The molecule has 112 valence electrons. The van der Waals surface area contributed by atoms with E-state index < -0.39 is 11.7 Å². The summed E-state index contributed by atoms with van der Waals surface area (Å²) in [4.78, 5) is 14.1. The third kappa shape index (κ3) is 3.49. The van der Waals surface area contributed by atoms with Crippen molar-refractivity contribution in [3.8, 4) is 0 Å². The number of rotatable bonds is 5. The molecular formula is C16H19FN2O2. The fourth-order valence-electron chi connectivity index (χ4n) is 2.13. The van der Waals surface area contributed by atoms with Gasteiger partial charge in [-0.3, -0.25) is 9.69 Å². The molecule has 1 unspecified atom stereocenters. The third-order valence-electron chi connectivity index (χ3n) is 3.39. The van der Waals surface area contributed by atoms with Gasteiger partial charge in [0.2, 0.25) is 0 Å². The number of amides is 1. The number of carbonyl (C=O) groups excluding carboxylic acids is 1. The van der Waals surface area contributed by atoms with Gasteiger partial charge in [-0.25, -0.2) is 4.39 Å². The van der Waals surface area contributed by atoms with Crippen molar-refractivity contribution in [3.05, 3.63) is 59.3 Å². The van der Waals surface area contributed by atoms with Gasteiger partial charge in [0.15, 0.2) is 0 Å². The fourth-order valence-corrected chi connectivity index (χ4v) is 2.13. The SMILES string of the molecule is Cc1cccc(C(=O)NCC(c2ccco2)N(C)C)c1F. The highest BCUT2D eigenvalue weighted by Crippen LogP contribution is 2.18. The van der Waals surface area contributed by atoms with E-state index in [0.29, 0.717) is 12.1 Å². The van der Waals surface area contributed by atoms with Crippen LogP contribution in [-0.4, -0.2) is 31.4 Å². The Morgan fingerprint density at radius 2 is 2.10 bits per heavy atom. The molecule has 21 heavy (non-hydrogen) atoms. The van der Waals surface area contributed by atoms with Crippen LogP contribution in [0.15, 0.2) is 41.0 Å². The Hall–Kier alpha value is -2.14. The zero-order chi connectivity index (χ0) is 15.4. The molecule has 2 aromatic rings. The van der Waals surface area contributed by atoms with Crippen molar-refractivity contribution < 1.29 is 13.6 Å². The Balaban J connectivity index is 2.07. The van der Waals surface area contributed by atoms with Crippen molar-refractivity contribution in [2.75, 3.05) is 20.6 Å². The van der Waals surface area contributed by atoms with Crippen LogP contribution >= 0.6 is 0 Å². The number of likely N-dealkylation sites (N-methyl/N-ethyl adjacent to an activating group) is 1. The minimum atomic E-state index is -0.477. The van der Waals surface area contributed by atoms with Crippen molar-refractivity contribution in [1.82, 2.24) is 10.2 Å². The minimum Gasteiger partial charge on any atom is -0.468 e. The van der Waals surface area contributed by atoms with Gasteiger partial charge in [0.25, 0.3) is 5.91 Å². The topological polar surface area (TPSA) is 45.5 Å². The predicted octanol–water partition coefficient (Wildman–Crippen LogP) is 2.76. The number of carbonyl (C=O) groups is 1. The van der Waals surface area contributed by atoms with Gasteiger partial charge in [-0.1, -0.05) is 12.1 Å². The first kappa shape index (κ1) is 15.3. The van der Waals surface area contributed by atoms with E-state index in [0.717, 1.165) is 5.76 Å². The molecule has 1 atom stereocenters. The van der Waals surface area contributed by atoms with Crippen LogP contribution in [0.25, 0.3) is 0 Å². The number of aryl methyl sites for hydroxylation is 1. The lowest BCUT2D eigenvalue weighted by atomic mass is 10.1. The van der Waals surface area contributed by atoms with Crippen LogP contribution in [0, 0.1) is 12.7 Å². The molecule has 0 radical (unpaired) electrons. The second-order valence-electron chi connectivity index (χ2n) is 5.14. The minimum absolute atomic E-state index is 0.0620. The van der Waals surface area contributed by atoms with Crippen LogP contribution in [0.2, 0.25) is 0 Å². The summed E-state index contributed by atoms with van der Waals surface area (Å²) in [5.41, 5.74) is 0.518. The van der Waals surface area contributed by atoms with Gasteiger partial charge >= 0.3 is 0 Å². The molecule has 0 saturated carbocycles. The van der Waals surface area contributed by atoms with E-state index in [1.54, 1.807) is 31.4 Å². The van der Waals surface area contributed by atoms with E-state index in [9.17, 15) is 9.18 Å². The molecular weight excluding hydrogens is 271 g/mol. The molecule has 0 fully saturated rings. The molecule has 0 spiro atoms. The average molecular weight is 290 g/mol. The number of halogens is 1. The zero-order valence-electron chi connectivity index (χ0n) is 12.4. The first-order valence-electron chi connectivity index (χ1n) is 6.74. The van der Waals surface area contributed by atoms with Crippen LogP contribution < -0.4 is 5.32 Å². The second kappa shape index (κ2) is 6.54. The van der Waals surface area contributed by atoms with Gasteiger partial charge in [-0.15, -0.1) is 0 Å². The van der Waals surface area contributed by atoms with Crippen molar-refractivity contribution in [1.29, 1.82) is 0 Å². The summed E-state index contributed by atoms with van der Waals surface area (Å²) in [5, 5.41) is 2.76. The Labute approximate surface area is 123 Å². The lowest BCUT2D eigenvalue weighted by Crippen LogP contribution is -2.34. The zero-order valence-corrected chi connectivity index (χ0v) is 12.4. The number of furan rings is 1. The summed E-state index contributed by atoms with van der Waals surface area (Å²) in [6.45, 7) is 1.98. The normalized spacial score (nSPS) is 12.4. The van der Waals surface area contributed by atoms with Crippen LogP contribution in [0.1, 0.15) is 27.7 Å². The number of hydrogen-bond donors (Lipinski definition) is 1. The van der Waals surface area contributed by atoms with Crippen LogP contribution in [0.3, 0.4) is 0 Å². The van der Waals surface area contributed by atoms with E-state index in [1.165, 1.54) is 6.07 Å². The lowest BCUT2D eigenvalue weighted by molar-refractivity contribution is 0.0935. The molecule has 1 N–H and O–H groups in total. The highest BCUT2D eigenvalue weighted by Gasteiger charge is 2.19. The Morgan fingerprint density at radius 1 is 1.33 bits per heavy atom. The van der Waals surface area contributed by atoms with Gasteiger partial charge in [0.05, 0.1) is 17.9 Å². The Bertz CT molecular complexity index is 609. The van der Waals surface area contributed by atoms with E-state index in [2.05, 4.69) is 5.32 Å². The lowest BCUT2D eigenvalue weighted by Gasteiger charge is -2.22. The quantitative estimate of drug-likeness (QED) is 0.921. The molecule has 0 aliphatic heterocycles. The molecule has 1 heterocycles. The fraction of sp³-hybridized carbons (Fsp3) is 0.312. The number of nitrogens with zero attached hydrogens (tertiary/aromatic N) is 1. The van der Waals surface area contributed by atoms with E-state index in [4.69, 9.17) is 4.42 Å². The summed E-state index contributed by atoms with van der Waals surface area (Å²) in [6, 6.07) is 8.34. The molecule has 0 saturated heterocycles. The first-order valence-corrected chi connectivity index (χ1v) is 6.74. The van der Waals surface area contributed by atoms with Crippen molar-refractivity contribution in [3.63, 3.8) is 0 Å². The summed E-state index contributed by atoms with van der Waals surface area (Å²) >= 11 is 0. The molecule has 4 nitrogen and oxygen atoms in total. The third-order valence-corrected chi connectivity index (χ3v) is 3.39. The number of hydrogen-bond acceptors (Lipinski definition) is 3. The summed E-state index contributed by atoms with van der Waals surface area (Å²) in [7, 11) is 3.79. The average Bonchev–Trinajstić information content (AvgIpc) is 2.95. The second-order valence-corrected chi connectivity index (χ2v) is 5.14. The molecule has 1 aromatic heterocycles. The molecule has 1 aromatic carbocycles. The maximum absolute atomic E-state index is 13.9. The van der Waals surface area contributed by atoms with Crippen LogP contribution in [-0.2, 0) is 0 Å². The maximum Gasteiger partial charge on any atom is 0.254 e. The molecule has 2 rings (SSSR count). The highest BCUT2D eigenvalue weighted by molar-refractivity contribution is 5.94. The van der Waals surface area contributed by atoms with E-state index in [1.807, 2.05) is 25.1 Å². The van der Waals surface area contributed by atoms with Crippen molar-refractivity contribution in [2.45, 2.75) is 13.0 Å². The Morgan fingerprint density at radius 3 is 2.71 bits per heavy atom. The Kier molecular flexibility index (Phi) is 4.75. The van der Waals surface area contributed by atoms with E-state index in [-0.39, 0.29) is 11.6 Å². The van der Waals surface area contributed by atoms with Gasteiger partial charge in [-0.05, 0) is 44.8 Å². The summed E-state index contributed by atoms with van der Waals surface area (Å²) in [6.07, 6.45) is 1.59. The van der Waals surface area contributed by atoms with Gasteiger partial charge in [-0.2, -0.15) is 0 Å². The molecule has 0 aliphatic rings. The maximum atomic E-state index is 13.9. The smallest absolute Gasteiger partial charge is 0.254 e.